The highest BCUT2D eigenvalue weighted by atomic mass is 32.3. The number of ether oxygens (including phenoxy) is 1. The highest BCUT2D eigenvalue weighted by Gasteiger charge is 2.40. The maximum absolute atomic E-state index is 12.6. The van der Waals surface area contributed by atoms with Crippen molar-refractivity contribution in [3.63, 3.8) is 0 Å². The standard InChI is InChI=1S/C11H18N2O5S3/c1-18-4-2-3-7-5-9(12)8-6-10(21(13,16)17)19-11(8)20(7,14)15/h6-7,9H,2-5,12H2,1H3,(H2,13,16,17)/t7?,9-/m0/s1. The zero-order valence-corrected chi connectivity index (χ0v) is 13.9. The number of thiophene rings is 1. The van der Waals surface area contributed by atoms with Gasteiger partial charge >= 0.3 is 0 Å². The summed E-state index contributed by atoms with van der Waals surface area (Å²) < 4.78 is 52.7. The fourth-order valence-corrected chi connectivity index (χ4v) is 7.19. The summed E-state index contributed by atoms with van der Waals surface area (Å²) >= 11 is 0.684. The van der Waals surface area contributed by atoms with Crippen molar-refractivity contribution in [1.82, 2.24) is 0 Å². The molecule has 0 radical (unpaired) electrons. The van der Waals surface area contributed by atoms with Gasteiger partial charge in [-0.25, -0.2) is 22.0 Å². The van der Waals surface area contributed by atoms with Crippen LogP contribution in [0.1, 0.15) is 30.9 Å². The second-order valence-electron chi connectivity index (χ2n) is 5.00. The third-order valence-corrected chi connectivity index (χ3v) is 8.84. The summed E-state index contributed by atoms with van der Waals surface area (Å²) in [7, 11) is -5.95. The summed E-state index contributed by atoms with van der Waals surface area (Å²) in [5.74, 6) is 0. The molecule has 1 unspecified atom stereocenters. The van der Waals surface area contributed by atoms with Crippen LogP contribution in [0.15, 0.2) is 14.5 Å². The van der Waals surface area contributed by atoms with Gasteiger partial charge in [0.05, 0.1) is 5.25 Å². The number of hydrogen-bond donors (Lipinski definition) is 2. The average molecular weight is 354 g/mol. The molecule has 120 valence electrons. The van der Waals surface area contributed by atoms with Crippen molar-refractivity contribution in [2.75, 3.05) is 13.7 Å². The van der Waals surface area contributed by atoms with Crippen LogP contribution in [0.2, 0.25) is 0 Å². The smallest absolute Gasteiger partial charge is 0.247 e. The molecule has 0 fully saturated rings. The van der Waals surface area contributed by atoms with E-state index in [1.165, 1.54) is 6.07 Å². The van der Waals surface area contributed by atoms with Crippen LogP contribution >= 0.6 is 11.3 Å². The minimum atomic E-state index is -3.93. The van der Waals surface area contributed by atoms with Crippen LogP contribution in [0.5, 0.6) is 0 Å². The lowest BCUT2D eigenvalue weighted by Gasteiger charge is -2.26. The van der Waals surface area contributed by atoms with Gasteiger partial charge in [0.1, 0.15) is 8.42 Å². The second kappa shape index (κ2) is 5.94. The lowest BCUT2D eigenvalue weighted by molar-refractivity contribution is 0.192. The van der Waals surface area contributed by atoms with E-state index in [1.54, 1.807) is 7.11 Å². The Hall–Kier alpha value is -0.520. The van der Waals surface area contributed by atoms with Crippen molar-refractivity contribution in [2.45, 2.75) is 39.0 Å². The Morgan fingerprint density at radius 3 is 2.71 bits per heavy atom. The summed E-state index contributed by atoms with van der Waals surface area (Å²) in [4.78, 5) is 0. The van der Waals surface area contributed by atoms with Gasteiger partial charge in [-0.05, 0) is 30.9 Å². The molecule has 0 saturated carbocycles. The molecule has 0 aromatic carbocycles. The Kier molecular flexibility index (Phi) is 4.76. The molecule has 1 aliphatic heterocycles. The zero-order valence-electron chi connectivity index (χ0n) is 11.5. The first kappa shape index (κ1) is 16.8. The largest absolute Gasteiger partial charge is 0.385 e. The van der Waals surface area contributed by atoms with Crippen molar-refractivity contribution in [3.05, 3.63) is 11.6 Å². The summed E-state index contributed by atoms with van der Waals surface area (Å²) in [6.07, 6.45) is 1.32. The molecule has 0 aliphatic carbocycles. The lowest BCUT2D eigenvalue weighted by atomic mass is 10.0. The normalized spacial score (nSPS) is 24.7. The van der Waals surface area contributed by atoms with Gasteiger partial charge in [0, 0.05) is 19.8 Å². The van der Waals surface area contributed by atoms with E-state index in [4.69, 9.17) is 15.6 Å². The SMILES string of the molecule is COCCCC1C[C@H](N)c2cc(S(N)(=O)=O)sc2S1(=O)=O. The Morgan fingerprint density at radius 2 is 2.14 bits per heavy atom. The number of rotatable bonds is 5. The molecule has 0 saturated heterocycles. The van der Waals surface area contributed by atoms with E-state index < -0.39 is 31.2 Å². The summed E-state index contributed by atoms with van der Waals surface area (Å²) in [5.41, 5.74) is 6.35. The molecule has 0 amide bonds. The van der Waals surface area contributed by atoms with Crippen molar-refractivity contribution in [1.29, 1.82) is 0 Å². The molecule has 2 atom stereocenters. The van der Waals surface area contributed by atoms with Crippen molar-refractivity contribution in [3.8, 4) is 0 Å². The van der Waals surface area contributed by atoms with E-state index >= 15 is 0 Å². The summed E-state index contributed by atoms with van der Waals surface area (Å²) in [6.45, 7) is 0.473. The van der Waals surface area contributed by atoms with Gasteiger partial charge in [0.2, 0.25) is 10.0 Å². The lowest BCUT2D eigenvalue weighted by Crippen LogP contribution is -2.32. The highest BCUT2D eigenvalue weighted by molar-refractivity contribution is 7.95. The Labute approximate surface area is 128 Å². The van der Waals surface area contributed by atoms with E-state index in [1.807, 2.05) is 0 Å². The third-order valence-electron chi connectivity index (χ3n) is 3.47. The van der Waals surface area contributed by atoms with E-state index in [-0.39, 0.29) is 14.8 Å². The van der Waals surface area contributed by atoms with Gasteiger partial charge in [-0.3, -0.25) is 0 Å². The Balaban J connectivity index is 2.40. The van der Waals surface area contributed by atoms with Crippen LogP contribution in [0.25, 0.3) is 0 Å². The summed E-state index contributed by atoms with van der Waals surface area (Å²) in [6, 6.07) is 0.783. The Morgan fingerprint density at radius 1 is 1.48 bits per heavy atom. The van der Waals surface area contributed by atoms with Crippen molar-refractivity contribution >= 4 is 31.2 Å². The number of sulfonamides is 1. The van der Waals surface area contributed by atoms with E-state index in [2.05, 4.69) is 0 Å². The molecule has 7 nitrogen and oxygen atoms in total. The topological polar surface area (TPSA) is 130 Å². The van der Waals surface area contributed by atoms with Crippen molar-refractivity contribution in [2.24, 2.45) is 10.9 Å². The van der Waals surface area contributed by atoms with Gasteiger partial charge < -0.3 is 10.5 Å². The molecular weight excluding hydrogens is 336 g/mol. The average Bonchev–Trinajstić information content (AvgIpc) is 2.82. The van der Waals surface area contributed by atoms with Crippen LogP contribution in [-0.4, -0.2) is 35.8 Å². The number of nitrogens with two attached hydrogens (primary N) is 2. The Bertz CT molecular complexity index is 723. The molecule has 2 rings (SSSR count). The maximum atomic E-state index is 12.6. The number of hydrogen-bond acceptors (Lipinski definition) is 7. The second-order valence-corrected chi connectivity index (χ2v) is 10.3. The number of sulfone groups is 1. The van der Waals surface area contributed by atoms with Crippen LogP contribution in [0, 0.1) is 0 Å². The third kappa shape index (κ3) is 3.30. The summed E-state index contributed by atoms with van der Waals surface area (Å²) in [5, 5.41) is 4.46. The monoisotopic (exact) mass is 354 g/mol. The predicted octanol–water partition coefficient (Wildman–Crippen LogP) is 0.368. The number of methoxy groups -OCH3 is 1. The van der Waals surface area contributed by atoms with Gasteiger partial charge in [-0.1, -0.05) is 0 Å². The number of primary sulfonamides is 1. The molecule has 1 aromatic heterocycles. The van der Waals surface area contributed by atoms with E-state index in [9.17, 15) is 16.8 Å². The molecule has 1 aliphatic rings. The molecule has 0 spiro atoms. The van der Waals surface area contributed by atoms with Crippen LogP contribution in [0.3, 0.4) is 0 Å². The molecule has 0 bridgehead atoms. The van der Waals surface area contributed by atoms with E-state index in [0.29, 0.717) is 36.3 Å². The van der Waals surface area contributed by atoms with Crippen LogP contribution in [0.4, 0.5) is 0 Å². The zero-order chi connectivity index (χ0) is 15.8. The van der Waals surface area contributed by atoms with Gasteiger partial charge in [-0.15, -0.1) is 11.3 Å². The first-order valence-corrected chi connectivity index (χ1v) is 10.2. The molecule has 2 heterocycles. The van der Waals surface area contributed by atoms with Gasteiger partial charge in [0.25, 0.3) is 0 Å². The number of fused-ring (bicyclic) bond motifs is 1. The molecule has 21 heavy (non-hydrogen) atoms. The van der Waals surface area contributed by atoms with E-state index in [0.717, 1.165) is 0 Å². The van der Waals surface area contributed by atoms with Crippen molar-refractivity contribution < 1.29 is 21.6 Å². The first-order chi connectivity index (χ1) is 9.67. The molecule has 4 N–H and O–H groups in total. The van der Waals surface area contributed by atoms with Gasteiger partial charge in [-0.2, -0.15) is 0 Å². The molecular formula is C11H18N2O5S3. The quantitative estimate of drug-likeness (QED) is 0.735. The molecule has 1 aromatic rings. The first-order valence-electron chi connectivity index (χ1n) is 6.33. The van der Waals surface area contributed by atoms with Crippen LogP contribution in [-0.2, 0) is 24.6 Å². The minimum absolute atomic E-state index is 0.0349. The molecule has 10 heteroatoms. The van der Waals surface area contributed by atoms with Crippen LogP contribution < -0.4 is 10.9 Å². The fraction of sp³-hybridized carbons (Fsp3) is 0.636. The fourth-order valence-electron chi connectivity index (χ4n) is 2.40. The highest BCUT2D eigenvalue weighted by Crippen LogP contribution is 2.42. The minimum Gasteiger partial charge on any atom is -0.385 e. The maximum Gasteiger partial charge on any atom is 0.247 e. The van der Waals surface area contributed by atoms with Gasteiger partial charge in [0.15, 0.2) is 9.84 Å². The predicted molar refractivity (Wildman–Crippen MR) is 79.3 cm³/mol.